The molecule has 0 saturated heterocycles. The van der Waals surface area contributed by atoms with Crippen molar-refractivity contribution in [3.05, 3.63) is 23.8 Å². The topological polar surface area (TPSA) is 47.6 Å². The normalized spacial score (nSPS) is 17.4. The highest BCUT2D eigenvalue weighted by atomic mass is 16.7. The first-order chi connectivity index (χ1) is 9.83. The first-order valence-corrected chi connectivity index (χ1v) is 7.51. The van der Waals surface area contributed by atoms with E-state index < -0.39 is 0 Å². The van der Waals surface area contributed by atoms with E-state index in [-0.39, 0.29) is 12.7 Å². The third-order valence-electron chi connectivity index (χ3n) is 4.18. The molecule has 0 atom stereocenters. The molecule has 4 heteroatoms. The summed E-state index contributed by atoms with van der Waals surface area (Å²) in [5.41, 5.74) is 0.634. The molecule has 1 N–H and O–H groups in total. The summed E-state index contributed by atoms with van der Waals surface area (Å²) < 4.78 is 10.5. The molecule has 3 rings (SSSR count). The summed E-state index contributed by atoms with van der Waals surface area (Å²) in [7, 11) is 0. The number of carbonyl (C=O) groups excluding carboxylic acids is 1. The maximum absolute atomic E-state index is 12.0. The first-order valence-electron chi connectivity index (χ1n) is 7.51. The minimum Gasteiger partial charge on any atom is -0.454 e. The predicted octanol–water partition coefficient (Wildman–Crippen LogP) is 3.12. The number of amides is 1. The van der Waals surface area contributed by atoms with Crippen LogP contribution in [0.4, 0.5) is 0 Å². The highest BCUT2D eigenvalue weighted by molar-refractivity contribution is 5.94. The van der Waals surface area contributed by atoms with Gasteiger partial charge in [0, 0.05) is 12.1 Å². The van der Waals surface area contributed by atoms with Crippen molar-refractivity contribution in [1.29, 1.82) is 0 Å². The van der Waals surface area contributed by atoms with Gasteiger partial charge in [0.25, 0.3) is 5.91 Å². The second-order valence-corrected chi connectivity index (χ2v) is 5.62. The number of benzene rings is 1. The van der Waals surface area contributed by atoms with Gasteiger partial charge in [0.2, 0.25) is 6.79 Å². The van der Waals surface area contributed by atoms with Crippen LogP contribution >= 0.6 is 0 Å². The summed E-state index contributed by atoms with van der Waals surface area (Å²) in [5, 5.41) is 2.98. The molecule has 0 radical (unpaired) electrons. The molecule has 1 fully saturated rings. The zero-order chi connectivity index (χ0) is 13.8. The maximum atomic E-state index is 12.0. The van der Waals surface area contributed by atoms with Crippen LogP contribution in [-0.4, -0.2) is 19.2 Å². The van der Waals surface area contributed by atoms with E-state index in [1.54, 1.807) is 18.2 Å². The molecule has 4 nitrogen and oxygen atoms in total. The van der Waals surface area contributed by atoms with Crippen LogP contribution in [0.15, 0.2) is 18.2 Å². The highest BCUT2D eigenvalue weighted by Gasteiger charge is 2.17. The van der Waals surface area contributed by atoms with E-state index in [9.17, 15) is 4.79 Å². The van der Waals surface area contributed by atoms with Crippen molar-refractivity contribution >= 4 is 5.91 Å². The summed E-state index contributed by atoms with van der Waals surface area (Å²) in [5.74, 6) is 2.22. The fourth-order valence-corrected chi connectivity index (χ4v) is 3.03. The molecule has 108 valence electrons. The Kier molecular flexibility index (Phi) is 4.09. The monoisotopic (exact) mass is 275 g/mol. The van der Waals surface area contributed by atoms with E-state index in [0.29, 0.717) is 17.1 Å². The molecule has 0 spiro atoms. The van der Waals surface area contributed by atoms with Crippen molar-refractivity contribution in [3.63, 3.8) is 0 Å². The SMILES string of the molecule is O=C(NCCCC1CCCC1)c1ccc2c(c1)OCO2. The molecule has 1 amide bonds. The lowest BCUT2D eigenvalue weighted by Crippen LogP contribution is -2.24. The van der Waals surface area contributed by atoms with Crippen molar-refractivity contribution in [3.8, 4) is 11.5 Å². The zero-order valence-corrected chi connectivity index (χ0v) is 11.7. The molecule has 1 aliphatic carbocycles. The summed E-state index contributed by atoms with van der Waals surface area (Å²) in [6.45, 7) is 0.992. The Morgan fingerprint density at radius 1 is 1.20 bits per heavy atom. The van der Waals surface area contributed by atoms with Gasteiger partial charge in [0.1, 0.15) is 0 Å². The van der Waals surface area contributed by atoms with Gasteiger partial charge >= 0.3 is 0 Å². The van der Waals surface area contributed by atoms with E-state index in [1.165, 1.54) is 32.1 Å². The van der Waals surface area contributed by atoms with Crippen LogP contribution in [0.5, 0.6) is 11.5 Å². The Balaban J connectivity index is 1.44. The summed E-state index contributed by atoms with van der Waals surface area (Å²) >= 11 is 0. The van der Waals surface area contributed by atoms with Crippen molar-refractivity contribution in [2.75, 3.05) is 13.3 Å². The van der Waals surface area contributed by atoms with Gasteiger partial charge in [0.05, 0.1) is 0 Å². The quantitative estimate of drug-likeness (QED) is 0.840. The van der Waals surface area contributed by atoms with Gasteiger partial charge in [-0.1, -0.05) is 25.7 Å². The third kappa shape index (κ3) is 3.06. The maximum Gasteiger partial charge on any atom is 0.251 e. The summed E-state index contributed by atoms with van der Waals surface area (Å²) in [6.07, 6.45) is 7.82. The van der Waals surface area contributed by atoms with Gasteiger partial charge in [-0.3, -0.25) is 4.79 Å². The van der Waals surface area contributed by atoms with Gasteiger partial charge in [0.15, 0.2) is 11.5 Å². The van der Waals surface area contributed by atoms with Crippen molar-refractivity contribution in [1.82, 2.24) is 5.32 Å². The van der Waals surface area contributed by atoms with Crippen LogP contribution in [0.25, 0.3) is 0 Å². The van der Waals surface area contributed by atoms with Gasteiger partial charge in [-0.05, 0) is 37.0 Å². The average molecular weight is 275 g/mol. The molecule has 1 aromatic carbocycles. The number of hydrogen-bond donors (Lipinski definition) is 1. The van der Waals surface area contributed by atoms with Gasteiger partial charge in [-0.25, -0.2) is 0 Å². The fourth-order valence-electron chi connectivity index (χ4n) is 3.03. The molecule has 2 aliphatic rings. The van der Waals surface area contributed by atoms with Crippen LogP contribution < -0.4 is 14.8 Å². The van der Waals surface area contributed by atoms with Gasteiger partial charge < -0.3 is 14.8 Å². The van der Waals surface area contributed by atoms with Crippen LogP contribution in [0.2, 0.25) is 0 Å². The van der Waals surface area contributed by atoms with E-state index in [1.807, 2.05) is 0 Å². The molecular weight excluding hydrogens is 254 g/mol. The lowest BCUT2D eigenvalue weighted by molar-refractivity contribution is 0.0952. The van der Waals surface area contributed by atoms with Crippen LogP contribution in [0.3, 0.4) is 0 Å². The van der Waals surface area contributed by atoms with Crippen molar-refractivity contribution < 1.29 is 14.3 Å². The number of fused-ring (bicyclic) bond motifs is 1. The highest BCUT2D eigenvalue weighted by Crippen LogP contribution is 2.32. The summed E-state index contributed by atoms with van der Waals surface area (Å²) in [4.78, 5) is 12.0. The standard InChI is InChI=1S/C16H21NO3/c18-16(17-9-3-6-12-4-1-2-5-12)13-7-8-14-15(10-13)20-11-19-14/h7-8,10,12H,1-6,9,11H2,(H,17,18). The number of rotatable bonds is 5. The lowest BCUT2D eigenvalue weighted by atomic mass is 10.0. The molecule has 0 aromatic heterocycles. The minimum absolute atomic E-state index is 0.0327. The van der Waals surface area contributed by atoms with Crippen molar-refractivity contribution in [2.45, 2.75) is 38.5 Å². The second-order valence-electron chi connectivity index (χ2n) is 5.62. The van der Waals surface area contributed by atoms with Gasteiger partial charge in [-0.2, -0.15) is 0 Å². The average Bonchev–Trinajstić information content (AvgIpc) is 3.13. The van der Waals surface area contributed by atoms with E-state index in [2.05, 4.69) is 5.32 Å². The number of nitrogens with one attached hydrogen (secondary N) is 1. The van der Waals surface area contributed by atoms with Crippen LogP contribution in [0, 0.1) is 5.92 Å². The first kappa shape index (κ1) is 13.3. The molecular formula is C16H21NO3. The zero-order valence-electron chi connectivity index (χ0n) is 11.7. The van der Waals surface area contributed by atoms with Crippen LogP contribution in [-0.2, 0) is 0 Å². The summed E-state index contributed by atoms with van der Waals surface area (Å²) in [6, 6.07) is 5.31. The van der Waals surface area contributed by atoms with E-state index >= 15 is 0 Å². The molecule has 1 heterocycles. The molecule has 1 aromatic rings. The Labute approximate surface area is 119 Å². The molecule has 0 bridgehead atoms. The second kappa shape index (κ2) is 6.16. The van der Waals surface area contributed by atoms with E-state index in [4.69, 9.17) is 9.47 Å². The Morgan fingerprint density at radius 2 is 2.00 bits per heavy atom. The van der Waals surface area contributed by atoms with Crippen molar-refractivity contribution in [2.24, 2.45) is 5.92 Å². The third-order valence-corrected chi connectivity index (χ3v) is 4.18. The number of hydrogen-bond acceptors (Lipinski definition) is 3. The Morgan fingerprint density at radius 3 is 2.85 bits per heavy atom. The number of carbonyl (C=O) groups is 1. The molecule has 1 aliphatic heterocycles. The largest absolute Gasteiger partial charge is 0.454 e. The number of ether oxygens (including phenoxy) is 2. The molecule has 0 unspecified atom stereocenters. The Hall–Kier alpha value is -1.71. The molecule has 20 heavy (non-hydrogen) atoms. The fraction of sp³-hybridized carbons (Fsp3) is 0.562. The lowest BCUT2D eigenvalue weighted by Gasteiger charge is -2.09. The predicted molar refractivity (Wildman–Crippen MR) is 76.1 cm³/mol. The van der Waals surface area contributed by atoms with Crippen LogP contribution in [0.1, 0.15) is 48.9 Å². The van der Waals surface area contributed by atoms with E-state index in [0.717, 1.165) is 18.9 Å². The Bertz CT molecular complexity index is 481. The smallest absolute Gasteiger partial charge is 0.251 e. The van der Waals surface area contributed by atoms with Gasteiger partial charge in [-0.15, -0.1) is 0 Å². The molecule has 1 saturated carbocycles. The minimum atomic E-state index is -0.0327.